The van der Waals surface area contributed by atoms with Gasteiger partial charge < -0.3 is 18.9 Å². The van der Waals surface area contributed by atoms with Gasteiger partial charge in [-0.2, -0.15) is 0 Å². The lowest BCUT2D eigenvalue weighted by atomic mass is 10.2. The Morgan fingerprint density at radius 2 is 1.69 bits per heavy atom. The number of hydrogen-bond donors (Lipinski definition) is 0. The molecule has 0 N–H and O–H groups in total. The van der Waals surface area contributed by atoms with Crippen molar-refractivity contribution in [2.45, 2.75) is 26.7 Å². The maximum absolute atomic E-state index is 5.87. The van der Waals surface area contributed by atoms with Crippen LogP contribution in [-0.4, -0.2) is 39.4 Å². The van der Waals surface area contributed by atoms with Gasteiger partial charge in [-0.1, -0.05) is 30.3 Å². The molecule has 140 valence electrons. The van der Waals surface area contributed by atoms with Crippen LogP contribution in [-0.2, 0) is 16.1 Å². The van der Waals surface area contributed by atoms with E-state index >= 15 is 0 Å². The topological polar surface area (TPSA) is 49.3 Å². The Morgan fingerprint density at radius 1 is 0.962 bits per heavy atom. The van der Waals surface area contributed by atoms with E-state index in [1.165, 1.54) is 0 Å². The molecule has 0 saturated carbocycles. The minimum Gasteiger partial charge on any atom is -0.493 e. The molecule has 0 aromatic heterocycles. The number of rotatable bonds is 11. The smallest absolute Gasteiger partial charge is 0.176 e. The van der Waals surface area contributed by atoms with E-state index < -0.39 is 0 Å². The highest BCUT2D eigenvalue weighted by atomic mass is 16.7. The molecule has 0 aliphatic heterocycles. The predicted molar refractivity (Wildman–Crippen MR) is 103 cm³/mol. The van der Waals surface area contributed by atoms with E-state index in [9.17, 15) is 0 Å². The van der Waals surface area contributed by atoms with Gasteiger partial charge in [0.05, 0.1) is 13.7 Å². The molecule has 0 bridgehead atoms. The molecule has 0 spiro atoms. The molecule has 0 aliphatic carbocycles. The van der Waals surface area contributed by atoms with Crippen LogP contribution in [0.1, 0.15) is 25.0 Å². The average molecular weight is 357 g/mol. The van der Waals surface area contributed by atoms with Crippen LogP contribution in [0, 0.1) is 0 Å². The summed E-state index contributed by atoms with van der Waals surface area (Å²) in [7, 11) is 1.63. The normalized spacial score (nSPS) is 11.2. The van der Waals surface area contributed by atoms with Gasteiger partial charge in [-0.3, -0.25) is 4.99 Å². The number of hydrogen-bond acceptors (Lipinski definition) is 5. The van der Waals surface area contributed by atoms with E-state index in [0.717, 1.165) is 11.1 Å². The van der Waals surface area contributed by atoms with Gasteiger partial charge in [0.25, 0.3) is 0 Å². The Hall–Kier alpha value is -2.37. The molecular formula is C21H27NO4. The second kappa shape index (κ2) is 11.3. The average Bonchev–Trinajstić information content (AvgIpc) is 2.68. The summed E-state index contributed by atoms with van der Waals surface area (Å²) in [6.07, 6.45) is 1.48. The molecular weight excluding hydrogens is 330 g/mol. The number of nitrogens with zero attached hydrogens (tertiary/aromatic N) is 1. The second-order valence-electron chi connectivity index (χ2n) is 5.52. The van der Waals surface area contributed by atoms with Crippen LogP contribution in [0.25, 0.3) is 0 Å². The van der Waals surface area contributed by atoms with Crippen LogP contribution < -0.4 is 9.47 Å². The number of aliphatic imine (C=N–C) groups is 1. The SMILES string of the molecule is CCOC(C/N=C/c1ccc(OCc2ccccc2)c(OC)c1)OCC. The third kappa shape index (κ3) is 6.50. The van der Waals surface area contributed by atoms with Crippen LogP contribution in [0.3, 0.4) is 0 Å². The van der Waals surface area contributed by atoms with Crippen molar-refractivity contribution in [2.24, 2.45) is 4.99 Å². The zero-order chi connectivity index (χ0) is 18.6. The van der Waals surface area contributed by atoms with Gasteiger partial charge in [0.1, 0.15) is 6.61 Å². The van der Waals surface area contributed by atoms with Gasteiger partial charge in [-0.25, -0.2) is 0 Å². The first kappa shape index (κ1) is 19.9. The fraction of sp³-hybridized carbons (Fsp3) is 0.381. The van der Waals surface area contributed by atoms with E-state index in [1.54, 1.807) is 13.3 Å². The molecule has 0 aliphatic rings. The summed E-state index contributed by atoms with van der Waals surface area (Å²) >= 11 is 0. The maximum Gasteiger partial charge on any atom is 0.176 e. The molecule has 0 heterocycles. The summed E-state index contributed by atoms with van der Waals surface area (Å²) in [6.45, 7) is 6.03. The standard InChI is InChI=1S/C21H27NO4/c1-4-24-21(25-5-2)15-22-14-18-11-12-19(20(13-18)23-3)26-16-17-9-7-6-8-10-17/h6-14,21H,4-5,15-16H2,1-3H3/b22-14+. The van der Waals surface area contributed by atoms with Crippen molar-refractivity contribution in [2.75, 3.05) is 26.9 Å². The van der Waals surface area contributed by atoms with Crippen LogP contribution in [0.4, 0.5) is 0 Å². The molecule has 0 saturated heterocycles. The number of benzene rings is 2. The molecule has 0 amide bonds. The summed E-state index contributed by atoms with van der Waals surface area (Å²) in [6, 6.07) is 15.8. The molecule has 0 atom stereocenters. The minimum atomic E-state index is -0.309. The summed E-state index contributed by atoms with van der Waals surface area (Å²) in [4.78, 5) is 4.41. The maximum atomic E-state index is 5.87. The van der Waals surface area contributed by atoms with E-state index in [0.29, 0.717) is 37.9 Å². The molecule has 5 heteroatoms. The quantitative estimate of drug-likeness (QED) is 0.449. The van der Waals surface area contributed by atoms with E-state index in [2.05, 4.69) is 4.99 Å². The molecule has 26 heavy (non-hydrogen) atoms. The molecule has 5 nitrogen and oxygen atoms in total. The first-order chi connectivity index (χ1) is 12.8. The molecule has 0 unspecified atom stereocenters. The van der Waals surface area contributed by atoms with Crippen molar-refractivity contribution >= 4 is 6.21 Å². The van der Waals surface area contributed by atoms with Gasteiger partial charge in [-0.05, 0) is 43.2 Å². The third-order valence-electron chi connectivity index (χ3n) is 3.62. The largest absolute Gasteiger partial charge is 0.493 e. The summed E-state index contributed by atoms with van der Waals surface area (Å²) in [5.74, 6) is 1.38. The summed E-state index contributed by atoms with van der Waals surface area (Å²) < 4.78 is 22.3. The fourth-order valence-corrected chi connectivity index (χ4v) is 2.39. The first-order valence-electron chi connectivity index (χ1n) is 8.84. The molecule has 2 rings (SSSR count). The van der Waals surface area contributed by atoms with Crippen molar-refractivity contribution in [1.29, 1.82) is 0 Å². The van der Waals surface area contributed by atoms with Gasteiger partial charge in [-0.15, -0.1) is 0 Å². The van der Waals surface area contributed by atoms with Crippen molar-refractivity contribution in [3.05, 3.63) is 59.7 Å². The Kier molecular flexibility index (Phi) is 8.66. The second-order valence-corrected chi connectivity index (χ2v) is 5.52. The highest BCUT2D eigenvalue weighted by Crippen LogP contribution is 2.28. The van der Waals surface area contributed by atoms with Gasteiger partial charge in [0, 0.05) is 19.4 Å². The van der Waals surface area contributed by atoms with Crippen molar-refractivity contribution in [3.63, 3.8) is 0 Å². The molecule has 2 aromatic rings. The Morgan fingerprint density at radius 3 is 2.35 bits per heavy atom. The summed E-state index contributed by atoms with van der Waals surface area (Å²) in [5, 5.41) is 0. The van der Waals surface area contributed by atoms with Crippen LogP contribution in [0.2, 0.25) is 0 Å². The molecule has 2 aromatic carbocycles. The van der Waals surface area contributed by atoms with Gasteiger partial charge in [0.15, 0.2) is 17.8 Å². The lowest BCUT2D eigenvalue weighted by molar-refractivity contribution is -0.128. The number of methoxy groups -OCH3 is 1. The Balaban J connectivity index is 1.97. The van der Waals surface area contributed by atoms with Crippen LogP contribution >= 0.6 is 0 Å². The van der Waals surface area contributed by atoms with E-state index in [-0.39, 0.29) is 6.29 Å². The van der Waals surface area contributed by atoms with Crippen molar-refractivity contribution < 1.29 is 18.9 Å². The van der Waals surface area contributed by atoms with Crippen LogP contribution in [0.15, 0.2) is 53.5 Å². The Bertz CT molecular complexity index is 667. The van der Waals surface area contributed by atoms with Crippen LogP contribution in [0.5, 0.6) is 11.5 Å². The highest BCUT2D eigenvalue weighted by Gasteiger charge is 2.07. The number of ether oxygens (including phenoxy) is 4. The zero-order valence-electron chi connectivity index (χ0n) is 15.7. The monoisotopic (exact) mass is 357 g/mol. The lowest BCUT2D eigenvalue weighted by Crippen LogP contribution is -2.20. The van der Waals surface area contributed by atoms with Gasteiger partial charge in [0.2, 0.25) is 0 Å². The Labute approximate surface area is 155 Å². The summed E-state index contributed by atoms with van der Waals surface area (Å²) in [5.41, 5.74) is 2.04. The molecule has 0 fully saturated rings. The van der Waals surface area contributed by atoms with E-state index in [4.69, 9.17) is 18.9 Å². The fourth-order valence-electron chi connectivity index (χ4n) is 2.39. The predicted octanol–water partition coefficient (Wildman–Crippen LogP) is 4.09. The molecule has 0 radical (unpaired) electrons. The van der Waals surface area contributed by atoms with Gasteiger partial charge >= 0.3 is 0 Å². The first-order valence-corrected chi connectivity index (χ1v) is 8.84. The van der Waals surface area contributed by atoms with Crippen molar-refractivity contribution in [1.82, 2.24) is 0 Å². The van der Waals surface area contributed by atoms with Crippen molar-refractivity contribution in [3.8, 4) is 11.5 Å². The minimum absolute atomic E-state index is 0.309. The highest BCUT2D eigenvalue weighted by molar-refractivity contribution is 5.80. The zero-order valence-corrected chi connectivity index (χ0v) is 15.7. The third-order valence-corrected chi connectivity index (χ3v) is 3.62. The lowest BCUT2D eigenvalue weighted by Gasteiger charge is -2.14. The van der Waals surface area contributed by atoms with E-state index in [1.807, 2.05) is 62.4 Å².